The summed E-state index contributed by atoms with van der Waals surface area (Å²) in [5.74, 6) is 0.380. The van der Waals surface area contributed by atoms with E-state index in [0.29, 0.717) is 24.3 Å². The molecule has 1 fully saturated rings. The maximum absolute atomic E-state index is 12.8. The van der Waals surface area contributed by atoms with Crippen LogP contribution in [0.25, 0.3) is 0 Å². The van der Waals surface area contributed by atoms with E-state index in [4.69, 9.17) is 4.74 Å². The second kappa shape index (κ2) is 7.43. The molecular weight excluding hydrogens is 354 g/mol. The van der Waals surface area contributed by atoms with Gasteiger partial charge in [0.05, 0.1) is 17.6 Å². The summed E-state index contributed by atoms with van der Waals surface area (Å²) in [6.07, 6.45) is 2.05. The summed E-state index contributed by atoms with van der Waals surface area (Å²) in [5.41, 5.74) is 1.31. The van der Waals surface area contributed by atoms with Gasteiger partial charge in [-0.25, -0.2) is 8.42 Å². The number of aryl methyl sites for hydroxylation is 1. The molecule has 1 aliphatic rings. The Morgan fingerprint density at radius 1 is 1.23 bits per heavy atom. The number of amides is 1. The highest BCUT2D eigenvalue weighted by atomic mass is 32.2. The standard InChI is InChI=1S/C18H21N3O4S/c1-13-3-6-15(11-20-13)25-16-9-10-21(12-16)26(23,24)17-7-4-14(5-8-17)18(22)19-2/h3-8,11,16H,9-10,12H2,1-2H3,(H,19,22)/t16-/m0/s1. The summed E-state index contributed by atoms with van der Waals surface area (Å²) in [4.78, 5) is 15.9. The van der Waals surface area contributed by atoms with Crippen LogP contribution < -0.4 is 10.1 Å². The van der Waals surface area contributed by atoms with Gasteiger partial charge in [0.2, 0.25) is 10.0 Å². The summed E-state index contributed by atoms with van der Waals surface area (Å²) in [6.45, 7) is 2.57. The van der Waals surface area contributed by atoms with Crippen molar-refractivity contribution in [2.24, 2.45) is 0 Å². The zero-order valence-electron chi connectivity index (χ0n) is 14.7. The van der Waals surface area contributed by atoms with E-state index in [9.17, 15) is 13.2 Å². The topological polar surface area (TPSA) is 88.6 Å². The minimum atomic E-state index is -3.61. The number of nitrogens with zero attached hydrogens (tertiary/aromatic N) is 2. The van der Waals surface area contributed by atoms with Crippen LogP contribution in [0.5, 0.6) is 5.75 Å². The van der Waals surface area contributed by atoms with E-state index in [-0.39, 0.29) is 23.5 Å². The molecule has 0 bridgehead atoms. The Morgan fingerprint density at radius 3 is 2.58 bits per heavy atom. The molecular formula is C18H21N3O4S. The van der Waals surface area contributed by atoms with Gasteiger partial charge in [-0.15, -0.1) is 0 Å². The number of hydrogen-bond acceptors (Lipinski definition) is 5. The zero-order valence-corrected chi connectivity index (χ0v) is 15.5. The van der Waals surface area contributed by atoms with Crippen molar-refractivity contribution in [2.75, 3.05) is 20.1 Å². The molecule has 1 aromatic heterocycles. The number of hydrogen-bond donors (Lipinski definition) is 1. The number of benzene rings is 1. The molecule has 26 heavy (non-hydrogen) atoms. The third-order valence-corrected chi connectivity index (χ3v) is 6.16. The summed E-state index contributed by atoms with van der Waals surface area (Å²) in [6, 6.07) is 9.61. The molecule has 2 aromatic rings. The molecule has 0 spiro atoms. The van der Waals surface area contributed by atoms with Crippen molar-refractivity contribution < 1.29 is 17.9 Å². The number of aromatic nitrogens is 1. The fourth-order valence-corrected chi connectivity index (χ4v) is 4.29. The van der Waals surface area contributed by atoms with Crippen LogP contribution in [0.4, 0.5) is 0 Å². The van der Waals surface area contributed by atoms with E-state index >= 15 is 0 Å². The van der Waals surface area contributed by atoms with Gasteiger partial charge in [-0.05, 0) is 49.7 Å². The van der Waals surface area contributed by atoms with Gasteiger partial charge in [0.1, 0.15) is 11.9 Å². The summed E-state index contributed by atoms with van der Waals surface area (Å²) >= 11 is 0. The number of carbonyl (C=O) groups excluding carboxylic acids is 1. The SMILES string of the molecule is CNC(=O)c1ccc(S(=O)(=O)N2CC[C@H](Oc3ccc(C)nc3)C2)cc1. The Balaban J connectivity index is 1.68. The van der Waals surface area contributed by atoms with Crippen LogP contribution in [0.3, 0.4) is 0 Å². The molecule has 1 saturated heterocycles. The van der Waals surface area contributed by atoms with Crippen molar-refractivity contribution in [2.45, 2.75) is 24.3 Å². The zero-order chi connectivity index (χ0) is 18.7. The normalized spacial score (nSPS) is 17.8. The lowest BCUT2D eigenvalue weighted by atomic mass is 10.2. The van der Waals surface area contributed by atoms with E-state index < -0.39 is 10.0 Å². The minimum Gasteiger partial charge on any atom is -0.487 e. The highest BCUT2D eigenvalue weighted by Gasteiger charge is 2.33. The molecule has 7 nitrogen and oxygen atoms in total. The van der Waals surface area contributed by atoms with Crippen molar-refractivity contribution in [1.29, 1.82) is 0 Å². The first-order valence-electron chi connectivity index (χ1n) is 8.32. The Bertz CT molecular complexity index is 880. The quantitative estimate of drug-likeness (QED) is 0.857. The molecule has 1 atom stereocenters. The highest BCUT2D eigenvalue weighted by molar-refractivity contribution is 7.89. The van der Waals surface area contributed by atoms with Crippen molar-refractivity contribution in [3.05, 3.63) is 53.9 Å². The molecule has 1 aromatic carbocycles. The van der Waals surface area contributed by atoms with E-state index in [2.05, 4.69) is 10.3 Å². The molecule has 1 aliphatic heterocycles. The molecule has 3 rings (SSSR count). The van der Waals surface area contributed by atoms with E-state index in [1.165, 1.54) is 35.6 Å². The van der Waals surface area contributed by atoms with Gasteiger partial charge in [-0.2, -0.15) is 4.31 Å². The second-order valence-electron chi connectivity index (χ2n) is 6.13. The Hall–Kier alpha value is -2.45. The number of rotatable bonds is 5. The predicted octanol–water partition coefficient (Wildman–Crippen LogP) is 1.59. The van der Waals surface area contributed by atoms with Crippen molar-refractivity contribution in [3.63, 3.8) is 0 Å². The van der Waals surface area contributed by atoms with Crippen LogP contribution in [-0.2, 0) is 10.0 Å². The van der Waals surface area contributed by atoms with Gasteiger partial charge in [0.15, 0.2) is 0 Å². The summed E-state index contributed by atoms with van der Waals surface area (Å²) < 4.78 is 32.8. The molecule has 0 aliphatic carbocycles. The number of pyridine rings is 1. The van der Waals surface area contributed by atoms with E-state index in [1.54, 1.807) is 6.20 Å². The van der Waals surface area contributed by atoms with Gasteiger partial charge in [0.25, 0.3) is 5.91 Å². The Kier molecular flexibility index (Phi) is 5.24. The lowest BCUT2D eigenvalue weighted by Crippen LogP contribution is -2.31. The van der Waals surface area contributed by atoms with Gasteiger partial charge < -0.3 is 10.1 Å². The van der Waals surface area contributed by atoms with Crippen molar-refractivity contribution in [1.82, 2.24) is 14.6 Å². The minimum absolute atomic E-state index is 0.169. The fourth-order valence-electron chi connectivity index (χ4n) is 2.80. The average molecular weight is 375 g/mol. The van der Waals surface area contributed by atoms with Gasteiger partial charge in [-0.1, -0.05) is 0 Å². The van der Waals surface area contributed by atoms with Gasteiger partial charge in [-0.3, -0.25) is 9.78 Å². The molecule has 1 N–H and O–H groups in total. The van der Waals surface area contributed by atoms with Crippen LogP contribution in [0.15, 0.2) is 47.5 Å². The maximum atomic E-state index is 12.8. The first kappa shape index (κ1) is 18.3. The van der Waals surface area contributed by atoms with Crippen LogP contribution >= 0.6 is 0 Å². The third kappa shape index (κ3) is 3.86. The lowest BCUT2D eigenvalue weighted by molar-refractivity contribution is 0.0963. The van der Waals surface area contributed by atoms with Crippen molar-refractivity contribution in [3.8, 4) is 5.75 Å². The smallest absolute Gasteiger partial charge is 0.251 e. The molecule has 8 heteroatoms. The first-order chi connectivity index (χ1) is 12.4. The largest absolute Gasteiger partial charge is 0.487 e. The van der Waals surface area contributed by atoms with Crippen LogP contribution in [0.2, 0.25) is 0 Å². The molecule has 1 amide bonds. The summed E-state index contributed by atoms with van der Waals surface area (Å²) in [7, 11) is -2.09. The Morgan fingerprint density at radius 2 is 1.96 bits per heavy atom. The second-order valence-corrected chi connectivity index (χ2v) is 8.07. The van der Waals surface area contributed by atoms with Crippen LogP contribution in [0.1, 0.15) is 22.5 Å². The Labute approximate surface area is 153 Å². The molecule has 138 valence electrons. The first-order valence-corrected chi connectivity index (χ1v) is 9.76. The average Bonchev–Trinajstić information content (AvgIpc) is 3.12. The molecule has 0 unspecified atom stereocenters. The van der Waals surface area contributed by atoms with Crippen LogP contribution in [0, 0.1) is 6.92 Å². The van der Waals surface area contributed by atoms with Gasteiger partial charge in [0, 0.05) is 24.8 Å². The monoisotopic (exact) mass is 375 g/mol. The van der Waals surface area contributed by atoms with Crippen LogP contribution in [-0.4, -0.2) is 49.9 Å². The summed E-state index contributed by atoms with van der Waals surface area (Å²) in [5, 5.41) is 2.51. The third-order valence-electron chi connectivity index (χ3n) is 4.28. The lowest BCUT2D eigenvalue weighted by Gasteiger charge is -2.17. The van der Waals surface area contributed by atoms with E-state index in [1.807, 2.05) is 19.1 Å². The van der Waals surface area contributed by atoms with E-state index in [0.717, 1.165) is 5.69 Å². The molecule has 0 radical (unpaired) electrons. The molecule has 2 heterocycles. The van der Waals surface area contributed by atoms with Gasteiger partial charge >= 0.3 is 0 Å². The van der Waals surface area contributed by atoms with Crippen molar-refractivity contribution >= 4 is 15.9 Å². The number of ether oxygens (including phenoxy) is 1. The predicted molar refractivity (Wildman–Crippen MR) is 96.6 cm³/mol. The number of sulfonamides is 1. The molecule has 0 saturated carbocycles. The highest BCUT2D eigenvalue weighted by Crippen LogP contribution is 2.24. The maximum Gasteiger partial charge on any atom is 0.251 e. The number of nitrogens with one attached hydrogen (secondary N) is 1. The fraction of sp³-hybridized carbons (Fsp3) is 0.333. The number of carbonyl (C=O) groups is 1.